The number of amides is 3. The topological polar surface area (TPSA) is 175 Å². The zero-order valence-corrected chi connectivity index (χ0v) is 45.0. The first-order chi connectivity index (χ1) is 31.7. The predicted molar refractivity (Wildman–Crippen MR) is 289 cm³/mol. The zero-order valence-electron chi connectivity index (χ0n) is 45.0. The second-order valence-corrected chi connectivity index (χ2v) is 20.9. The highest BCUT2D eigenvalue weighted by Crippen LogP contribution is 2.20. The van der Waals surface area contributed by atoms with Crippen molar-refractivity contribution in [1.82, 2.24) is 25.3 Å². The van der Waals surface area contributed by atoms with Gasteiger partial charge in [-0.3, -0.25) is 0 Å². The first kappa shape index (κ1) is 71.9. The number of rotatable bonds is 11. The Morgan fingerprint density at radius 1 is 0.592 bits per heavy atom. The SMILES string of the molecule is C.C.C=CCN(CC=C)C(=O)OC(C)(C)C.C=CCNCC=C.CC(C)(C)OC(=O)N1CC=CC1.CC(C)(C)OC(=O)OC(=O)OC(C)(C)C.C[C@H]1CN(C(=O)OC(C)(C)C)C[C@@H]1NCc1ccccc1. The molecule has 2 aliphatic heterocycles. The summed E-state index contributed by atoms with van der Waals surface area (Å²) in [6, 6.07) is 10.6. The fourth-order valence-electron chi connectivity index (χ4n) is 5.27. The molecule has 1 aromatic carbocycles. The lowest BCUT2D eigenvalue weighted by molar-refractivity contribution is -0.0295. The summed E-state index contributed by atoms with van der Waals surface area (Å²) in [6.45, 7) is 49.6. The Morgan fingerprint density at radius 3 is 1.35 bits per heavy atom. The highest BCUT2D eigenvalue weighted by Gasteiger charge is 2.34. The molecule has 2 aliphatic rings. The van der Waals surface area contributed by atoms with Gasteiger partial charge in [-0.15, -0.1) is 26.3 Å². The fourth-order valence-corrected chi connectivity index (χ4v) is 5.27. The Labute approximate surface area is 430 Å². The molecule has 408 valence electrons. The standard InChI is InChI=1S/C17H26N2O2.C11H19NO2.C10H18O5.C9H15NO2.C6H11N.2CH4/c1-13-11-19(16(20)21-17(2,3)4)12-15(13)18-10-14-8-6-5-7-9-14;1-6-8-12(9-7-2)10(13)14-11(3,4)5;1-9(2,3)14-7(11)13-8(12)15-10(4,5)6;1-9(2,3)12-8(11)10-6-4-5-7-10;1-3-5-7-6-4-2;;/h5-9,13,15,18H,10-12H2,1-4H3;6-7H,1-2,8-9H2,3-5H3;1-6H3;4-5H,6-7H2,1-3H3;3-4,7H,1-2,5-6H2;2*1H4/t13-,15-;;;;;;/m0....../s1. The van der Waals surface area contributed by atoms with E-state index in [1.54, 1.807) is 63.5 Å². The maximum Gasteiger partial charge on any atom is 0.519 e. The van der Waals surface area contributed by atoms with Gasteiger partial charge in [0.25, 0.3) is 0 Å². The van der Waals surface area contributed by atoms with Crippen LogP contribution in [0.4, 0.5) is 24.0 Å². The number of likely N-dealkylation sites (tertiary alicyclic amines) is 1. The number of nitrogens with one attached hydrogen (secondary N) is 2. The van der Waals surface area contributed by atoms with Crippen molar-refractivity contribution in [3.8, 4) is 0 Å². The molecule has 0 saturated carbocycles. The molecule has 3 rings (SSSR count). The van der Waals surface area contributed by atoms with E-state index in [4.69, 9.17) is 23.7 Å². The Hall–Kier alpha value is -5.61. The van der Waals surface area contributed by atoms with E-state index < -0.39 is 34.7 Å². The number of hydrogen-bond donors (Lipinski definition) is 2. The minimum atomic E-state index is -1.06. The second kappa shape index (κ2) is 35.5. The van der Waals surface area contributed by atoms with Gasteiger partial charge in [-0.05, 0) is 115 Å². The molecular weight excluding hydrogens is 907 g/mol. The Balaban J connectivity index is -0.000000407. The molecule has 1 saturated heterocycles. The summed E-state index contributed by atoms with van der Waals surface area (Å²) in [5.41, 5.74) is -1.41. The Morgan fingerprint density at radius 2 is 0.986 bits per heavy atom. The van der Waals surface area contributed by atoms with Crippen molar-refractivity contribution in [3.63, 3.8) is 0 Å². The van der Waals surface area contributed by atoms with E-state index in [0.29, 0.717) is 44.7 Å². The van der Waals surface area contributed by atoms with Crippen LogP contribution < -0.4 is 10.6 Å². The van der Waals surface area contributed by atoms with Crippen LogP contribution in [0.15, 0.2) is 93.1 Å². The molecule has 0 bridgehead atoms. The van der Waals surface area contributed by atoms with Crippen molar-refractivity contribution in [2.45, 2.75) is 166 Å². The van der Waals surface area contributed by atoms with E-state index in [9.17, 15) is 24.0 Å². The number of carbonyl (C=O) groups excluding carboxylic acids is 5. The number of hydrogen-bond acceptors (Lipinski definition) is 13. The largest absolute Gasteiger partial charge is 0.519 e. The third-order valence-electron chi connectivity index (χ3n) is 8.02. The van der Waals surface area contributed by atoms with E-state index in [2.05, 4.69) is 60.7 Å². The minimum Gasteiger partial charge on any atom is -0.444 e. The van der Waals surface area contributed by atoms with Crippen LogP contribution in [0.5, 0.6) is 0 Å². The molecule has 2 N–H and O–H groups in total. The summed E-state index contributed by atoms with van der Waals surface area (Å²) in [4.78, 5) is 62.0. The summed E-state index contributed by atoms with van der Waals surface area (Å²) in [7, 11) is 0. The lowest BCUT2D eigenvalue weighted by Crippen LogP contribution is -2.38. The average Bonchev–Trinajstić information content (AvgIpc) is 3.86. The van der Waals surface area contributed by atoms with E-state index in [-0.39, 0.29) is 38.7 Å². The Kier molecular flexibility index (Phi) is 36.0. The van der Waals surface area contributed by atoms with Gasteiger partial charge in [0.15, 0.2) is 0 Å². The van der Waals surface area contributed by atoms with Crippen LogP contribution in [0.1, 0.15) is 131 Å². The molecule has 1 fully saturated rings. The Bertz CT molecular complexity index is 1700. The molecule has 0 aromatic heterocycles. The fraction of sp³-hybridized carbons (Fsp3) is 0.618. The van der Waals surface area contributed by atoms with E-state index in [1.165, 1.54) is 10.5 Å². The number of benzene rings is 1. The first-order valence-electron chi connectivity index (χ1n) is 23.3. The molecule has 0 unspecified atom stereocenters. The van der Waals surface area contributed by atoms with Crippen LogP contribution in [-0.2, 0) is 35.0 Å². The molecule has 16 heteroatoms. The first-order valence-corrected chi connectivity index (χ1v) is 23.3. The lowest BCUT2D eigenvalue weighted by atomic mass is 10.1. The van der Waals surface area contributed by atoms with Crippen LogP contribution >= 0.6 is 0 Å². The van der Waals surface area contributed by atoms with E-state index >= 15 is 0 Å². The van der Waals surface area contributed by atoms with E-state index in [0.717, 1.165) is 26.2 Å². The molecule has 71 heavy (non-hydrogen) atoms. The van der Waals surface area contributed by atoms with Gasteiger partial charge >= 0.3 is 30.6 Å². The van der Waals surface area contributed by atoms with Crippen molar-refractivity contribution in [2.75, 3.05) is 52.4 Å². The molecule has 1 aromatic rings. The molecular formula is C55H97N5O11. The lowest BCUT2D eigenvalue weighted by Gasteiger charge is -2.25. The average molecular weight is 1000 g/mol. The van der Waals surface area contributed by atoms with Crippen LogP contribution in [0.2, 0.25) is 0 Å². The molecule has 3 amide bonds. The van der Waals surface area contributed by atoms with Gasteiger partial charge in [-0.25, -0.2) is 24.0 Å². The van der Waals surface area contributed by atoms with Crippen molar-refractivity contribution in [3.05, 3.63) is 98.7 Å². The normalized spacial score (nSPS) is 14.8. The number of nitrogens with zero attached hydrogens (tertiary/aromatic N) is 3. The van der Waals surface area contributed by atoms with Crippen LogP contribution in [0.25, 0.3) is 0 Å². The van der Waals surface area contributed by atoms with Gasteiger partial charge in [0.2, 0.25) is 0 Å². The highest BCUT2D eigenvalue weighted by atomic mass is 16.8. The van der Waals surface area contributed by atoms with Gasteiger partial charge in [0.05, 0.1) is 0 Å². The maximum atomic E-state index is 12.1. The number of ether oxygens (including phenoxy) is 6. The van der Waals surface area contributed by atoms with Crippen LogP contribution in [-0.4, -0.2) is 132 Å². The van der Waals surface area contributed by atoms with Gasteiger partial charge in [-0.1, -0.05) is 88.6 Å². The van der Waals surface area contributed by atoms with Gasteiger partial charge in [0, 0.05) is 64.9 Å². The molecule has 2 heterocycles. The monoisotopic (exact) mass is 1000 g/mol. The van der Waals surface area contributed by atoms with Crippen molar-refractivity contribution < 1.29 is 52.4 Å². The second-order valence-electron chi connectivity index (χ2n) is 20.9. The molecule has 0 radical (unpaired) electrons. The number of carbonyl (C=O) groups is 5. The maximum absolute atomic E-state index is 12.1. The van der Waals surface area contributed by atoms with Crippen LogP contribution in [0, 0.1) is 5.92 Å². The van der Waals surface area contributed by atoms with Crippen LogP contribution in [0.3, 0.4) is 0 Å². The van der Waals surface area contributed by atoms with Gasteiger partial charge in [-0.2, -0.15) is 0 Å². The highest BCUT2D eigenvalue weighted by molar-refractivity contribution is 5.77. The predicted octanol–water partition coefficient (Wildman–Crippen LogP) is 12.5. The molecule has 2 atom stereocenters. The molecule has 16 nitrogen and oxygen atoms in total. The summed E-state index contributed by atoms with van der Waals surface area (Å²) in [5.74, 6) is 0.432. The summed E-state index contributed by atoms with van der Waals surface area (Å²) in [6.07, 6.45) is 8.00. The van der Waals surface area contributed by atoms with E-state index in [1.807, 2.05) is 105 Å². The zero-order chi connectivity index (χ0) is 53.6. The third kappa shape index (κ3) is 41.8. The smallest absolute Gasteiger partial charge is 0.444 e. The summed E-state index contributed by atoms with van der Waals surface area (Å²) < 4.78 is 29.6. The molecule has 0 aliphatic carbocycles. The quantitative estimate of drug-likeness (QED) is 0.0705. The van der Waals surface area contributed by atoms with Crippen molar-refractivity contribution in [1.29, 1.82) is 0 Å². The van der Waals surface area contributed by atoms with Crippen molar-refractivity contribution in [2.24, 2.45) is 5.92 Å². The van der Waals surface area contributed by atoms with Crippen molar-refractivity contribution >= 4 is 30.6 Å². The summed E-state index contributed by atoms with van der Waals surface area (Å²) in [5, 5.41) is 6.59. The van der Waals surface area contributed by atoms with Gasteiger partial charge < -0.3 is 53.8 Å². The van der Waals surface area contributed by atoms with Gasteiger partial charge in [0.1, 0.15) is 28.0 Å². The summed E-state index contributed by atoms with van der Waals surface area (Å²) >= 11 is 0. The third-order valence-corrected chi connectivity index (χ3v) is 8.02. The minimum absolute atomic E-state index is 0. The molecule has 0 spiro atoms.